The van der Waals surface area contributed by atoms with E-state index in [-0.39, 0.29) is 5.91 Å². The fraction of sp³-hybridized carbons (Fsp3) is 0.625. The lowest BCUT2D eigenvalue weighted by Gasteiger charge is -2.26. The molecule has 23 heavy (non-hydrogen) atoms. The number of rotatable bonds is 9. The van der Waals surface area contributed by atoms with Gasteiger partial charge in [-0.05, 0) is 38.1 Å². The second-order valence-corrected chi connectivity index (χ2v) is 5.61. The molecule has 0 bridgehead atoms. The molecule has 0 saturated carbocycles. The highest BCUT2D eigenvalue weighted by Gasteiger charge is 2.09. The van der Waals surface area contributed by atoms with Crippen LogP contribution in [-0.4, -0.2) is 61.7 Å². The first-order chi connectivity index (χ1) is 11.3. The minimum atomic E-state index is -0.0246. The maximum atomic E-state index is 11.6. The molecular formula is C16H27N5O2. The van der Waals surface area contributed by atoms with E-state index in [1.54, 1.807) is 6.20 Å². The molecule has 2 rings (SSSR count). The topological polar surface area (TPSA) is 92.5 Å². The Labute approximate surface area is 137 Å². The number of pyridine rings is 1. The average Bonchev–Trinajstić information content (AvgIpc) is 2.59. The minimum Gasteiger partial charge on any atom is -0.379 e. The quantitative estimate of drug-likeness (QED) is 0.585. The van der Waals surface area contributed by atoms with Crippen molar-refractivity contribution in [1.82, 2.24) is 9.88 Å². The number of carbonyl (C=O) groups is 1. The van der Waals surface area contributed by atoms with E-state index in [2.05, 4.69) is 20.5 Å². The van der Waals surface area contributed by atoms with Gasteiger partial charge in [-0.3, -0.25) is 9.69 Å². The van der Waals surface area contributed by atoms with Crippen LogP contribution in [0.4, 0.5) is 11.5 Å². The molecule has 1 aliphatic heterocycles. The highest BCUT2D eigenvalue weighted by Crippen LogP contribution is 2.10. The Morgan fingerprint density at radius 1 is 1.30 bits per heavy atom. The van der Waals surface area contributed by atoms with Crippen LogP contribution in [0.2, 0.25) is 0 Å². The number of nitrogens with one attached hydrogen (secondary N) is 2. The first-order valence-electron chi connectivity index (χ1n) is 8.28. The average molecular weight is 321 g/mol. The fourth-order valence-corrected chi connectivity index (χ4v) is 2.40. The lowest BCUT2D eigenvalue weighted by atomic mass is 10.3. The summed E-state index contributed by atoms with van der Waals surface area (Å²) in [6.45, 7) is 6.21. The monoisotopic (exact) mass is 321 g/mol. The van der Waals surface area contributed by atoms with Crippen molar-refractivity contribution in [1.29, 1.82) is 0 Å². The van der Waals surface area contributed by atoms with Crippen LogP contribution in [0.3, 0.4) is 0 Å². The van der Waals surface area contributed by atoms with Crippen molar-refractivity contribution >= 4 is 17.4 Å². The maximum Gasteiger partial charge on any atom is 0.224 e. The highest BCUT2D eigenvalue weighted by atomic mass is 16.5. The van der Waals surface area contributed by atoms with Gasteiger partial charge in [-0.2, -0.15) is 0 Å². The van der Waals surface area contributed by atoms with E-state index in [1.165, 1.54) is 0 Å². The summed E-state index contributed by atoms with van der Waals surface area (Å²) in [4.78, 5) is 18.3. The van der Waals surface area contributed by atoms with Gasteiger partial charge in [-0.1, -0.05) is 0 Å². The summed E-state index contributed by atoms with van der Waals surface area (Å²) in [6, 6.07) is 3.74. The number of ether oxygens (including phenoxy) is 1. The molecule has 7 heteroatoms. The Hall–Kier alpha value is -1.70. The van der Waals surface area contributed by atoms with Gasteiger partial charge in [-0.25, -0.2) is 4.98 Å². The Kier molecular flexibility index (Phi) is 7.79. The van der Waals surface area contributed by atoms with Gasteiger partial charge in [0.1, 0.15) is 5.82 Å². The molecule has 0 spiro atoms. The molecule has 1 aliphatic rings. The lowest BCUT2D eigenvalue weighted by molar-refractivity contribution is -0.116. The summed E-state index contributed by atoms with van der Waals surface area (Å²) in [5, 5.41) is 6.11. The van der Waals surface area contributed by atoms with Crippen molar-refractivity contribution in [2.24, 2.45) is 5.73 Å². The molecule has 1 aromatic heterocycles. The Bertz CT molecular complexity index is 460. The summed E-state index contributed by atoms with van der Waals surface area (Å²) in [7, 11) is 0. The zero-order valence-corrected chi connectivity index (χ0v) is 13.6. The van der Waals surface area contributed by atoms with Crippen molar-refractivity contribution < 1.29 is 9.53 Å². The van der Waals surface area contributed by atoms with Crippen LogP contribution in [0.1, 0.15) is 19.3 Å². The smallest absolute Gasteiger partial charge is 0.224 e. The van der Waals surface area contributed by atoms with Gasteiger partial charge in [0, 0.05) is 26.1 Å². The normalized spacial score (nSPS) is 15.3. The predicted octanol–water partition coefficient (Wildman–Crippen LogP) is 0.893. The van der Waals surface area contributed by atoms with Gasteiger partial charge < -0.3 is 21.1 Å². The van der Waals surface area contributed by atoms with Gasteiger partial charge in [0.25, 0.3) is 0 Å². The molecule has 2 heterocycles. The maximum absolute atomic E-state index is 11.6. The molecule has 0 aromatic carbocycles. The first-order valence-corrected chi connectivity index (χ1v) is 8.28. The largest absolute Gasteiger partial charge is 0.379 e. The third-order valence-electron chi connectivity index (χ3n) is 3.72. The van der Waals surface area contributed by atoms with E-state index in [1.807, 2.05) is 12.1 Å². The van der Waals surface area contributed by atoms with Crippen molar-refractivity contribution in [3.05, 3.63) is 18.3 Å². The van der Waals surface area contributed by atoms with Crippen molar-refractivity contribution in [2.45, 2.75) is 19.3 Å². The Balaban J connectivity index is 1.63. The van der Waals surface area contributed by atoms with Crippen molar-refractivity contribution in [3.8, 4) is 0 Å². The van der Waals surface area contributed by atoms with Crippen LogP contribution in [0, 0.1) is 0 Å². The Morgan fingerprint density at radius 2 is 2.13 bits per heavy atom. The third-order valence-corrected chi connectivity index (χ3v) is 3.72. The number of anilines is 2. The van der Waals surface area contributed by atoms with E-state index in [9.17, 15) is 4.79 Å². The number of morpholine rings is 1. The highest BCUT2D eigenvalue weighted by molar-refractivity contribution is 5.90. The predicted molar refractivity (Wildman–Crippen MR) is 91.5 cm³/mol. The van der Waals surface area contributed by atoms with Crippen molar-refractivity contribution in [2.75, 3.05) is 56.6 Å². The molecule has 1 aromatic rings. The summed E-state index contributed by atoms with van der Waals surface area (Å²) >= 11 is 0. The van der Waals surface area contributed by atoms with E-state index in [0.29, 0.717) is 25.1 Å². The number of aromatic nitrogens is 1. The van der Waals surface area contributed by atoms with Crippen LogP contribution in [0.25, 0.3) is 0 Å². The molecule has 128 valence electrons. The molecule has 0 unspecified atom stereocenters. The number of hydrogen-bond donors (Lipinski definition) is 3. The molecule has 4 N–H and O–H groups in total. The zero-order chi connectivity index (χ0) is 16.3. The number of nitrogens with two attached hydrogens (primary N) is 1. The number of hydrogen-bond acceptors (Lipinski definition) is 6. The van der Waals surface area contributed by atoms with Gasteiger partial charge >= 0.3 is 0 Å². The van der Waals surface area contributed by atoms with Crippen LogP contribution < -0.4 is 16.4 Å². The number of carbonyl (C=O) groups excluding carboxylic acids is 1. The second kappa shape index (κ2) is 10.1. The van der Waals surface area contributed by atoms with Crippen molar-refractivity contribution in [3.63, 3.8) is 0 Å². The minimum absolute atomic E-state index is 0.0246. The van der Waals surface area contributed by atoms with Gasteiger partial charge in [0.15, 0.2) is 0 Å². The van der Waals surface area contributed by atoms with Crippen LogP contribution in [0.5, 0.6) is 0 Å². The van der Waals surface area contributed by atoms with E-state index in [4.69, 9.17) is 10.5 Å². The van der Waals surface area contributed by atoms with E-state index >= 15 is 0 Å². The molecule has 7 nitrogen and oxygen atoms in total. The van der Waals surface area contributed by atoms with Gasteiger partial charge in [-0.15, -0.1) is 0 Å². The molecule has 1 saturated heterocycles. The Morgan fingerprint density at radius 3 is 2.83 bits per heavy atom. The van der Waals surface area contributed by atoms with Crippen LogP contribution >= 0.6 is 0 Å². The number of amides is 1. The molecule has 0 radical (unpaired) electrons. The molecule has 0 aliphatic carbocycles. The third kappa shape index (κ3) is 6.94. The SMILES string of the molecule is NCCCC(=O)Nc1ccc(NCCCN2CCOCC2)nc1. The zero-order valence-electron chi connectivity index (χ0n) is 13.6. The summed E-state index contributed by atoms with van der Waals surface area (Å²) in [5.41, 5.74) is 6.10. The van der Waals surface area contributed by atoms with Crippen LogP contribution in [0.15, 0.2) is 18.3 Å². The molecule has 1 amide bonds. The molecule has 1 fully saturated rings. The number of nitrogens with zero attached hydrogens (tertiary/aromatic N) is 2. The summed E-state index contributed by atoms with van der Waals surface area (Å²) in [6.07, 6.45) is 3.88. The summed E-state index contributed by atoms with van der Waals surface area (Å²) in [5.74, 6) is 0.801. The molecule has 0 atom stereocenters. The van der Waals surface area contributed by atoms with E-state index in [0.717, 1.165) is 51.6 Å². The van der Waals surface area contributed by atoms with E-state index < -0.39 is 0 Å². The standard InChI is InChI=1S/C16H27N5O2/c17-6-1-3-16(22)20-14-4-5-15(19-13-14)18-7-2-8-21-9-11-23-12-10-21/h4-5,13H,1-3,6-12,17H2,(H,18,19)(H,20,22). The first kappa shape index (κ1) is 17.7. The second-order valence-electron chi connectivity index (χ2n) is 5.61. The fourth-order valence-electron chi connectivity index (χ4n) is 2.40. The van der Waals surface area contributed by atoms with Crippen LogP contribution in [-0.2, 0) is 9.53 Å². The van der Waals surface area contributed by atoms with Gasteiger partial charge in [0.05, 0.1) is 25.1 Å². The van der Waals surface area contributed by atoms with Gasteiger partial charge in [0.2, 0.25) is 5.91 Å². The lowest BCUT2D eigenvalue weighted by Crippen LogP contribution is -2.37. The molecular weight excluding hydrogens is 294 g/mol. The summed E-state index contributed by atoms with van der Waals surface area (Å²) < 4.78 is 5.33.